The van der Waals surface area contributed by atoms with E-state index < -0.39 is 0 Å². The van der Waals surface area contributed by atoms with Crippen molar-refractivity contribution < 1.29 is 0 Å². The van der Waals surface area contributed by atoms with E-state index in [0.717, 1.165) is 13.1 Å². The Morgan fingerprint density at radius 1 is 1.25 bits per heavy atom. The van der Waals surface area contributed by atoms with Crippen LogP contribution in [0.25, 0.3) is 0 Å². The molecule has 0 aromatic carbocycles. The van der Waals surface area contributed by atoms with Gasteiger partial charge in [0.2, 0.25) is 0 Å². The van der Waals surface area contributed by atoms with Gasteiger partial charge in [-0.3, -0.25) is 0 Å². The van der Waals surface area contributed by atoms with Crippen LogP contribution in [0.1, 0.15) is 19.3 Å². The summed E-state index contributed by atoms with van der Waals surface area (Å²) >= 11 is 3.36. The summed E-state index contributed by atoms with van der Waals surface area (Å²) in [4.78, 5) is 0. The van der Waals surface area contributed by atoms with Gasteiger partial charge >= 0.3 is 0 Å². The fourth-order valence-electron chi connectivity index (χ4n) is 0.832. The van der Waals surface area contributed by atoms with Crippen LogP contribution in [0.2, 0.25) is 0 Å². The minimum Gasteiger partial charge on any atom is -0.245 e. The summed E-state index contributed by atoms with van der Waals surface area (Å²) < 4.78 is 1.99. The van der Waals surface area contributed by atoms with Crippen molar-refractivity contribution in [1.29, 1.82) is 0 Å². The lowest BCUT2D eigenvalue weighted by atomic mass is 10.2. The van der Waals surface area contributed by atoms with E-state index >= 15 is 0 Å². The molecule has 0 saturated carbocycles. The Bertz CT molecular complexity index is 59.4. The minimum absolute atomic E-state index is 1.12. The second kappa shape index (κ2) is 3.43. The first-order chi connectivity index (χ1) is 3.89. The molecule has 0 aromatic rings. The summed E-state index contributed by atoms with van der Waals surface area (Å²) in [7, 11) is 0. The highest BCUT2D eigenvalue weighted by molar-refractivity contribution is 9.07. The monoisotopic (exact) mass is 178 g/mol. The second-order valence-corrected chi connectivity index (χ2v) is 2.91. The van der Waals surface area contributed by atoms with Crippen molar-refractivity contribution in [2.24, 2.45) is 0 Å². The third-order valence-electron chi connectivity index (χ3n) is 1.31. The molecule has 0 aliphatic carbocycles. The van der Waals surface area contributed by atoms with Crippen molar-refractivity contribution in [2.45, 2.75) is 19.3 Å². The molecule has 0 radical (unpaired) electrons. The van der Waals surface area contributed by atoms with Crippen LogP contribution in [-0.2, 0) is 0 Å². The Morgan fingerprint density at radius 3 is 3.00 bits per heavy atom. The molecule has 1 saturated heterocycles. The molecule has 0 atom stereocenters. The Kier molecular flexibility index (Phi) is 2.80. The largest absolute Gasteiger partial charge is 0.245 e. The van der Waals surface area contributed by atoms with Gasteiger partial charge in [0.1, 0.15) is 0 Å². The Morgan fingerprint density at radius 2 is 2.12 bits per heavy atom. The number of nitrogens with zero attached hydrogens (tertiary/aromatic N) is 1. The molecule has 3 heteroatoms. The van der Waals surface area contributed by atoms with E-state index in [1.165, 1.54) is 19.3 Å². The predicted molar refractivity (Wildman–Crippen MR) is 37.5 cm³/mol. The van der Waals surface area contributed by atoms with Crippen LogP contribution in [0.4, 0.5) is 0 Å². The molecule has 1 fully saturated rings. The molecule has 1 heterocycles. The zero-order chi connectivity index (χ0) is 5.82. The number of halogens is 1. The van der Waals surface area contributed by atoms with Crippen LogP contribution >= 0.6 is 16.1 Å². The lowest BCUT2D eigenvalue weighted by Gasteiger charge is -2.09. The molecule has 2 nitrogen and oxygen atoms in total. The third kappa shape index (κ3) is 2.11. The average Bonchev–Trinajstić information content (AvgIpc) is 1.94. The number of hydrazine groups is 1. The van der Waals surface area contributed by atoms with E-state index in [2.05, 4.69) is 21.6 Å². The average molecular weight is 179 g/mol. The summed E-state index contributed by atoms with van der Waals surface area (Å²) in [5.41, 5.74) is 3.19. The van der Waals surface area contributed by atoms with Crippen LogP contribution in [0.3, 0.4) is 0 Å². The molecule has 0 amide bonds. The number of hydrogen-bond acceptors (Lipinski definition) is 2. The van der Waals surface area contributed by atoms with Crippen LogP contribution in [-0.4, -0.2) is 17.1 Å². The van der Waals surface area contributed by atoms with Gasteiger partial charge in [-0.25, -0.2) is 5.43 Å². The SMILES string of the molecule is BrN1CCCCCN1. The Balaban J connectivity index is 2.17. The molecular formula is C5H11BrN2. The summed E-state index contributed by atoms with van der Waals surface area (Å²) in [6.07, 6.45) is 3.97. The first-order valence-electron chi connectivity index (χ1n) is 3.06. The zero-order valence-corrected chi connectivity index (χ0v) is 6.45. The molecule has 8 heavy (non-hydrogen) atoms. The maximum atomic E-state index is 3.36. The van der Waals surface area contributed by atoms with Crippen LogP contribution in [0.15, 0.2) is 0 Å². The first-order valence-corrected chi connectivity index (χ1v) is 3.77. The van der Waals surface area contributed by atoms with E-state index in [4.69, 9.17) is 0 Å². The van der Waals surface area contributed by atoms with Crippen LogP contribution < -0.4 is 5.43 Å². The van der Waals surface area contributed by atoms with Crippen molar-refractivity contribution in [2.75, 3.05) is 13.1 Å². The number of hydrogen-bond donors (Lipinski definition) is 1. The molecule has 0 aromatic heterocycles. The van der Waals surface area contributed by atoms with Crippen LogP contribution in [0.5, 0.6) is 0 Å². The first kappa shape index (κ1) is 6.52. The van der Waals surface area contributed by atoms with Gasteiger partial charge < -0.3 is 0 Å². The van der Waals surface area contributed by atoms with E-state index in [9.17, 15) is 0 Å². The summed E-state index contributed by atoms with van der Waals surface area (Å²) in [6, 6.07) is 0. The summed E-state index contributed by atoms with van der Waals surface area (Å²) in [5.74, 6) is 0. The molecule has 1 aliphatic heterocycles. The van der Waals surface area contributed by atoms with Gasteiger partial charge in [0.25, 0.3) is 0 Å². The molecule has 1 N–H and O–H groups in total. The predicted octanol–water partition coefficient (Wildman–Crippen LogP) is 1.29. The molecule has 0 bridgehead atoms. The normalized spacial score (nSPS) is 25.1. The maximum Gasteiger partial charge on any atom is 0.0285 e. The van der Waals surface area contributed by atoms with Gasteiger partial charge in [-0.15, -0.1) is 0 Å². The topological polar surface area (TPSA) is 15.3 Å². The summed E-state index contributed by atoms with van der Waals surface area (Å²) in [5, 5.41) is 0. The van der Waals surface area contributed by atoms with Gasteiger partial charge in [0, 0.05) is 29.2 Å². The van der Waals surface area contributed by atoms with E-state index in [0.29, 0.717) is 0 Å². The highest BCUT2D eigenvalue weighted by atomic mass is 79.9. The van der Waals surface area contributed by atoms with Crippen molar-refractivity contribution in [3.63, 3.8) is 0 Å². The molecule has 0 unspecified atom stereocenters. The number of rotatable bonds is 0. The molecular weight excluding hydrogens is 168 g/mol. The Labute approximate surface area is 58.6 Å². The second-order valence-electron chi connectivity index (χ2n) is 2.05. The molecule has 1 rings (SSSR count). The van der Waals surface area contributed by atoms with Crippen molar-refractivity contribution >= 4 is 16.1 Å². The van der Waals surface area contributed by atoms with E-state index in [1.807, 2.05) is 4.03 Å². The third-order valence-corrected chi connectivity index (χ3v) is 1.92. The van der Waals surface area contributed by atoms with E-state index in [-0.39, 0.29) is 0 Å². The quantitative estimate of drug-likeness (QED) is 0.563. The lowest BCUT2D eigenvalue weighted by Crippen LogP contribution is -2.28. The smallest absolute Gasteiger partial charge is 0.0285 e. The fourth-order valence-corrected chi connectivity index (χ4v) is 1.26. The van der Waals surface area contributed by atoms with Gasteiger partial charge in [-0.05, 0) is 12.8 Å². The van der Waals surface area contributed by atoms with Crippen molar-refractivity contribution in [3.8, 4) is 0 Å². The van der Waals surface area contributed by atoms with E-state index in [1.54, 1.807) is 0 Å². The molecule has 1 aliphatic rings. The van der Waals surface area contributed by atoms with Crippen molar-refractivity contribution in [1.82, 2.24) is 9.46 Å². The standard InChI is InChI=1S/C5H11BrN2/c6-8-5-3-1-2-4-7-8/h7H,1-5H2. The maximum absolute atomic E-state index is 3.36. The van der Waals surface area contributed by atoms with Crippen molar-refractivity contribution in [3.05, 3.63) is 0 Å². The van der Waals surface area contributed by atoms with Gasteiger partial charge in [-0.1, -0.05) is 6.42 Å². The van der Waals surface area contributed by atoms with Crippen LogP contribution in [0, 0.1) is 0 Å². The fraction of sp³-hybridized carbons (Fsp3) is 1.00. The van der Waals surface area contributed by atoms with Gasteiger partial charge in [0.05, 0.1) is 0 Å². The zero-order valence-electron chi connectivity index (χ0n) is 4.86. The van der Waals surface area contributed by atoms with Gasteiger partial charge in [-0.2, -0.15) is 4.03 Å². The summed E-state index contributed by atoms with van der Waals surface area (Å²) in [6.45, 7) is 2.24. The Hall–Kier alpha value is 0.400. The highest BCUT2D eigenvalue weighted by Gasteiger charge is 2.02. The minimum atomic E-state index is 1.12. The molecule has 48 valence electrons. The molecule has 0 spiro atoms. The number of nitrogens with one attached hydrogen (secondary N) is 1. The highest BCUT2D eigenvalue weighted by Crippen LogP contribution is 2.04. The lowest BCUT2D eigenvalue weighted by molar-refractivity contribution is 0.392. The van der Waals surface area contributed by atoms with Gasteiger partial charge in [0.15, 0.2) is 0 Å².